The first-order chi connectivity index (χ1) is 7.92. The number of hydrogen-bond acceptors (Lipinski definition) is 3. The lowest BCUT2D eigenvalue weighted by Gasteiger charge is -1.98. The highest BCUT2D eigenvalue weighted by Gasteiger charge is 2.04. The van der Waals surface area contributed by atoms with Crippen molar-refractivity contribution in [3.05, 3.63) is 54.6 Å². The van der Waals surface area contributed by atoms with E-state index < -0.39 is 0 Å². The van der Waals surface area contributed by atoms with Gasteiger partial charge in [-0.1, -0.05) is 30.3 Å². The number of benzene rings is 2. The molecule has 2 aromatic carbocycles. The van der Waals surface area contributed by atoms with Gasteiger partial charge in [0.05, 0.1) is 5.69 Å². The Labute approximate surface area is 92.7 Å². The van der Waals surface area contributed by atoms with Crippen LogP contribution in [0.4, 0.5) is 11.7 Å². The Morgan fingerprint density at radius 1 is 1.06 bits per heavy atom. The highest BCUT2D eigenvalue weighted by atomic mass is 16.4. The lowest BCUT2D eigenvalue weighted by Crippen LogP contribution is -1.88. The van der Waals surface area contributed by atoms with Crippen molar-refractivity contribution >= 4 is 22.8 Å². The molecule has 3 nitrogen and oxygen atoms in total. The zero-order valence-electron chi connectivity index (χ0n) is 8.47. The van der Waals surface area contributed by atoms with Gasteiger partial charge in [0.1, 0.15) is 5.52 Å². The normalized spacial score (nSPS) is 10.5. The van der Waals surface area contributed by atoms with Crippen LogP contribution in [0, 0.1) is 6.07 Å². The number of nitrogens with zero attached hydrogens (tertiary/aromatic N) is 1. The molecule has 3 heteroatoms. The molecule has 1 heterocycles. The van der Waals surface area contributed by atoms with Crippen molar-refractivity contribution in [2.45, 2.75) is 0 Å². The van der Waals surface area contributed by atoms with E-state index >= 15 is 0 Å². The van der Waals surface area contributed by atoms with Crippen LogP contribution < -0.4 is 5.32 Å². The van der Waals surface area contributed by atoms with Crippen LogP contribution in [-0.4, -0.2) is 4.98 Å². The molecule has 16 heavy (non-hydrogen) atoms. The van der Waals surface area contributed by atoms with Gasteiger partial charge in [-0.2, -0.15) is 4.98 Å². The summed E-state index contributed by atoms with van der Waals surface area (Å²) in [6.45, 7) is 0. The van der Waals surface area contributed by atoms with Crippen LogP contribution in [0.5, 0.6) is 0 Å². The van der Waals surface area contributed by atoms with E-state index in [9.17, 15) is 0 Å². The lowest BCUT2D eigenvalue weighted by atomic mass is 10.3. The zero-order valence-corrected chi connectivity index (χ0v) is 8.47. The largest absolute Gasteiger partial charge is 0.423 e. The Kier molecular flexibility index (Phi) is 2.07. The first kappa shape index (κ1) is 8.97. The minimum Gasteiger partial charge on any atom is -0.423 e. The molecule has 0 spiro atoms. The molecule has 0 unspecified atom stereocenters. The lowest BCUT2D eigenvalue weighted by molar-refractivity contribution is 0.623. The fourth-order valence-electron chi connectivity index (χ4n) is 1.51. The second-order valence-corrected chi connectivity index (χ2v) is 3.39. The van der Waals surface area contributed by atoms with Crippen molar-refractivity contribution in [2.24, 2.45) is 0 Å². The third kappa shape index (κ3) is 1.63. The van der Waals surface area contributed by atoms with Crippen molar-refractivity contribution in [1.29, 1.82) is 0 Å². The number of nitrogens with one attached hydrogen (secondary N) is 1. The monoisotopic (exact) mass is 209 g/mol. The van der Waals surface area contributed by atoms with Crippen LogP contribution in [-0.2, 0) is 0 Å². The number of oxazole rings is 1. The second kappa shape index (κ2) is 3.70. The summed E-state index contributed by atoms with van der Waals surface area (Å²) < 4.78 is 5.53. The standard InChI is InChI=1S/C13H9N2O/c1-2-6-10(7-3-1)14-13-15-11-8-4-5-9-12(11)16-13/h1-6,8-9H,(H,14,15). The molecular formula is C13H9N2O. The summed E-state index contributed by atoms with van der Waals surface area (Å²) >= 11 is 0. The molecule has 3 aromatic rings. The summed E-state index contributed by atoms with van der Waals surface area (Å²) in [6, 6.07) is 18.8. The molecule has 0 fully saturated rings. The van der Waals surface area contributed by atoms with E-state index in [1.165, 1.54) is 0 Å². The van der Waals surface area contributed by atoms with Gasteiger partial charge in [0.25, 0.3) is 6.01 Å². The number of fused-ring (bicyclic) bond motifs is 1. The first-order valence-corrected chi connectivity index (χ1v) is 5.01. The molecule has 0 saturated heterocycles. The van der Waals surface area contributed by atoms with Crippen LogP contribution in [0.1, 0.15) is 0 Å². The van der Waals surface area contributed by atoms with Crippen molar-refractivity contribution in [3.8, 4) is 0 Å². The van der Waals surface area contributed by atoms with Crippen molar-refractivity contribution in [2.75, 3.05) is 5.32 Å². The summed E-state index contributed by atoms with van der Waals surface area (Å²) in [6.07, 6.45) is 0. The molecule has 1 radical (unpaired) electrons. The first-order valence-electron chi connectivity index (χ1n) is 5.01. The van der Waals surface area contributed by atoms with E-state index in [2.05, 4.69) is 16.4 Å². The summed E-state index contributed by atoms with van der Waals surface area (Å²) in [7, 11) is 0. The Morgan fingerprint density at radius 3 is 2.75 bits per heavy atom. The number of anilines is 2. The van der Waals surface area contributed by atoms with E-state index in [-0.39, 0.29) is 0 Å². The van der Waals surface area contributed by atoms with Crippen LogP contribution in [0.3, 0.4) is 0 Å². The Bertz CT molecular complexity index is 568. The van der Waals surface area contributed by atoms with Gasteiger partial charge >= 0.3 is 0 Å². The number of para-hydroxylation sites is 3. The van der Waals surface area contributed by atoms with Crippen molar-refractivity contribution in [1.82, 2.24) is 4.98 Å². The van der Waals surface area contributed by atoms with Gasteiger partial charge in [0.2, 0.25) is 0 Å². The summed E-state index contributed by atoms with van der Waals surface area (Å²) in [5.41, 5.74) is 2.47. The fourth-order valence-corrected chi connectivity index (χ4v) is 1.51. The quantitative estimate of drug-likeness (QED) is 0.703. The number of hydrogen-bond donors (Lipinski definition) is 1. The zero-order chi connectivity index (χ0) is 10.8. The molecule has 77 valence electrons. The summed E-state index contributed by atoms with van der Waals surface area (Å²) in [5, 5.41) is 3.06. The average Bonchev–Trinajstić information content (AvgIpc) is 2.72. The SMILES string of the molecule is [c]1ccccc1Nc1nc2ccccc2o1. The van der Waals surface area contributed by atoms with E-state index in [4.69, 9.17) is 4.42 Å². The van der Waals surface area contributed by atoms with E-state index in [1.54, 1.807) is 0 Å². The second-order valence-electron chi connectivity index (χ2n) is 3.39. The van der Waals surface area contributed by atoms with E-state index in [0.717, 1.165) is 16.8 Å². The van der Waals surface area contributed by atoms with Gasteiger partial charge in [-0.05, 0) is 18.2 Å². The highest BCUT2D eigenvalue weighted by molar-refractivity contribution is 5.74. The Balaban J connectivity index is 1.95. The molecular weight excluding hydrogens is 200 g/mol. The predicted molar refractivity (Wildman–Crippen MR) is 62.6 cm³/mol. The molecule has 3 rings (SSSR count). The van der Waals surface area contributed by atoms with Crippen molar-refractivity contribution < 1.29 is 4.42 Å². The molecule has 0 aliphatic carbocycles. The molecule has 1 aromatic heterocycles. The minimum atomic E-state index is 0.489. The molecule has 0 aliphatic rings. The van der Waals surface area contributed by atoms with E-state index in [1.807, 2.05) is 48.5 Å². The van der Waals surface area contributed by atoms with Gasteiger partial charge in [0.15, 0.2) is 5.58 Å². The van der Waals surface area contributed by atoms with Crippen LogP contribution in [0.25, 0.3) is 11.1 Å². The van der Waals surface area contributed by atoms with Crippen LogP contribution in [0.15, 0.2) is 52.9 Å². The Hall–Kier alpha value is -2.29. The van der Waals surface area contributed by atoms with Gasteiger partial charge in [0, 0.05) is 6.07 Å². The van der Waals surface area contributed by atoms with E-state index in [0.29, 0.717) is 6.01 Å². The topological polar surface area (TPSA) is 38.1 Å². The average molecular weight is 209 g/mol. The smallest absolute Gasteiger partial charge is 0.300 e. The Morgan fingerprint density at radius 2 is 1.94 bits per heavy atom. The predicted octanol–water partition coefficient (Wildman–Crippen LogP) is 3.37. The molecule has 0 atom stereocenters. The molecule has 1 N–H and O–H groups in total. The van der Waals surface area contributed by atoms with Crippen LogP contribution in [0.2, 0.25) is 0 Å². The van der Waals surface area contributed by atoms with Gasteiger partial charge in [-0.3, -0.25) is 0 Å². The molecule has 0 saturated carbocycles. The number of aromatic nitrogens is 1. The number of rotatable bonds is 2. The maximum Gasteiger partial charge on any atom is 0.300 e. The molecule has 0 bridgehead atoms. The van der Waals surface area contributed by atoms with Crippen molar-refractivity contribution in [3.63, 3.8) is 0 Å². The summed E-state index contributed by atoms with van der Waals surface area (Å²) in [4.78, 5) is 4.31. The fraction of sp³-hybridized carbons (Fsp3) is 0. The molecule has 0 aliphatic heterocycles. The maximum absolute atomic E-state index is 5.53. The highest BCUT2D eigenvalue weighted by Crippen LogP contribution is 2.21. The third-order valence-electron chi connectivity index (χ3n) is 2.24. The summed E-state index contributed by atoms with van der Waals surface area (Å²) in [5.74, 6) is 0. The van der Waals surface area contributed by atoms with Gasteiger partial charge in [-0.15, -0.1) is 0 Å². The maximum atomic E-state index is 5.53. The minimum absolute atomic E-state index is 0.489. The van der Waals surface area contributed by atoms with Gasteiger partial charge in [-0.25, -0.2) is 0 Å². The van der Waals surface area contributed by atoms with Crippen LogP contribution >= 0.6 is 0 Å². The van der Waals surface area contributed by atoms with Gasteiger partial charge < -0.3 is 9.73 Å². The molecule has 0 amide bonds. The third-order valence-corrected chi connectivity index (χ3v) is 2.24.